The number of carbonyl (C=O) groups excluding carboxylic acids is 2. The maximum absolute atomic E-state index is 13.2. The summed E-state index contributed by atoms with van der Waals surface area (Å²) in [4.78, 5) is 32.0. The highest BCUT2D eigenvalue weighted by molar-refractivity contribution is 5.90. The van der Waals surface area contributed by atoms with E-state index in [1.54, 1.807) is 48.2 Å². The number of hydrogen-bond acceptors (Lipinski definition) is 5. The van der Waals surface area contributed by atoms with Crippen molar-refractivity contribution in [3.8, 4) is 5.69 Å². The van der Waals surface area contributed by atoms with E-state index in [-0.39, 0.29) is 17.5 Å². The molecule has 2 aromatic carbocycles. The molecule has 8 heteroatoms. The molecule has 0 saturated carbocycles. The van der Waals surface area contributed by atoms with Crippen molar-refractivity contribution in [1.29, 1.82) is 0 Å². The van der Waals surface area contributed by atoms with Gasteiger partial charge in [0.1, 0.15) is 11.6 Å². The molecule has 0 bridgehead atoms. The second-order valence-corrected chi connectivity index (χ2v) is 7.45. The van der Waals surface area contributed by atoms with Crippen molar-refractivity contribution in [2.45, 2.75) is 32.3 Å². The Morgan fingerprint density at radius 3 is 2.35 bits per heavy atom. The van der Waals surface area contributed by atoms with E-state index >= 15 is 0 Å². The number of aryl methyl sites for hydroxylation is 1. The molecule has 1 fully saturated rings. The number of halogens is 1. The highest BCUT2D eigenvalue weighted by Crippen LogP contribution is 2.24. The maximum Gasteiger partial charge on any atom is 0.379 e. The minimum atomic E-state index is -1.06. The molecular formula is C23H23FN4O3. The normalized spacial score (nSPS) is 14.8. The van der Waals surface area contributed by atoms with Crippen molar-refractivity contribution in [3.63, 3.8) is 0 Å². The Kier molecular flexibility index (Phi) is 6.06. The Bertz CT molecular complexity index is 1060. The molecule has 1 unspecified atom stereocenters. The summed E-state index contributed by atoms with van der Waals surface area (Å²) in [5.74, 6) is -1.12. The summed E-state index contributed by atoms with van der Waals surface area (Å²) in [7, 11) is 0. The molecule has 7 nitrogen and oxygen atoms in total. The van der Waals surface area contributed by atoms with Gasteiger partial charge in [-0.1, -0.05) is 30.3 Å². The monoisotopic (exact) mass is 422 g/mol. The van der Waals surface area contributed by atoms with Crippen LogP contribution in [0.3, 0.4) is 0 Å². The van der Waals surface area contributed by atoms with E-state index in [4.69, 9.17) is 4.74 Å². The Balaban J connectivity index is 1.58. The number of esters is 1. The molecule has 2 heterocycles. The lowest BCUT2D eigenvalue weighted by molar-refractivity contribution is -0.142. The zero-order valence-electron chi connectivity index (χ0n) is 17.2. The van der Waals surface area contributed by atoms with Crippen molar-refractivity contribution in [1.82, 2.24) is 19.7 Å². The standard InChI is InChI=1S/C23H23FN4O3/c1-16-25-21(26-28(16)19-12-10-18(24)11-13-19)23(30)31-20(17-8-4-2-5-9-17)22(29)27-14-6-3-7-15-27/h2,4-5,8-13,20H,3,6-7,14-15H2,1H3. The molecule has 160 valence electrons. The maximum atomic E-state index is 13.2. The van der Waals surface area contributed by atoms with E-state index in [0.717, 1.165) is 19.3 Å². The number of piperidine rings is 1. The molecule has 0 spiro atoms. The third kappa shape index (κ3) is 4.63. The van der Waals surface area contributed by atoms with Crippen molar-refractivity contribution >= 4 is 11.9 Å². The summed E-state index contributed by atoms with van der Waals surface area (Å²) in [5.41, 5.74) is 1.16. The van der Waals surface area contributed by atoms with Crippen LogP contribution >= 0.6 is 0 Å². The molecule has 4 rings (SSSR count). The van der Waals surface area contributed by atoms with E-state index in [9.17, 15) is 14.0 Å². The third-order valence-electron chi connectivity index (χ3n) is 5.24. The van der Waals surface area contributed by atoms with Gasteiger partial charge in [-0.3, -0.25) is 4.79 Å². The van der Waals surface area contributed by atoms with Gasteiger partial charge in [-0.25, -0.2) is 18.9 Å². The lowest BCUT2D eigenvalue weighted by Crippen LogP contribution is -2.40. The molecule has 0 radical (unpaired) electrons. The predicted molar refractivity (Wildman–Crippen MR) is 111 cm³/mol. The summed E-state index contributed by atoms with van der Waals surface area (Å²) in [6, 6.07) is 14.6. The SMILES string of the molecule is Cc1nc(C(=O)OC(C(=O)N2CCCCC2)c2ccccc2)nn1-c1ccc(F)cc1. The number of likely N-dealkylation sites (tertiary alicyclic amines) is 1. The highest BCUT2D eigenvalue weighted by Gasteiger charge is 2.32. The highest BCUT2D eigenvalue weighted by atomic mass is 19.1. The predicted octanol–water partition coefficient (Wildman–Crippen LogP) is 3.63. The van der Waals surface area contributed by atoms with Crippen LogP contribution in [0.1, 0.15) is 47.4 Å². The molecule has 1 aromatic heterocycles. The van der Waals surface area contributed by atoms with Crippen LogP contribution in [0, 0.1) is 12.7 Å². The largest absolute Gasteiger partial charge is 0.441 e. The fourth-order valence-corrected chi connectivity index (χ4v) is 3.63. The Hall–Kier alpha value is -3.55. The molecule has 31 heavy (non-hydrogen) atoms. The van der Waals surface area contributed by atoms with Gasteiger partial charge in [0.25, 0.3) is 11.7 Å². The first-order chi connectivity index (χ1) is 15.0. The number of ether oxygens (including phenoxy) is 1. The Morgan fingerprint density at radius 2 is 1.68 bits per heavy atom. The number of benzene rings is 2. The molecule has 1 saturated heterocycles. The second-order valence-electron chi connectivity index (χ2n) is 7.45. The minimum Gasteiger partial charge on any atom is -0.441 e. The molecule has 1 amide bonds. The lowest BCUT2D eigenvalue weighted by atomic mass is 10.1. The molecule has 0 aliphatic carbocycles. The number of rotatable bonds is 5. The van der Waals surface area contributed by atoms with Gasteiger partial charge in [0.2, 0.25) is 6.10 Å². The van der Waals surface area contributed by atoms with Crippen LogP contribution in [0.4, 0.5) is 4.39 Å². The number of carbonyl (C=O) groups is 2. The van der Waals surface area contributed by atoms with Crippen molar-refractivity contribution in [3.05, 3.63) is 77.6 Å². The number of amides is 1. The van der Waals surface area contributed by atoms with Crippen molar-refractivity contribution in [2.75, 3.05) is 13.1 Å². The van der Waals surface area contributed by atoms with Gasteiger partial charge in [0.05, 0.1) is 5.69 Å². The first-order valence-corrected chi connectivity index (χ1v) is 10.3. The zero-order valence-corrected chi connectivity index (χ0v) is 17.2. The molecule has 1 aliphatic rings. The third-order valence-corrected chi connectivity index (χ3v) is 5.24. The fourth-order valence-electron chi connectivity index (χ4n) is 3.63. The molecule has 0 N–H and O–H groups in total. The van der Waals surface area contributed by atoms with Crippen molar-refractivity contribution in [2.24, 2.45) is 0 Å². The topological polar surface area (TPSA) is 77.3 Å². The fraction of sp³-hybridized carbons (Fsp3) is 0.304. The summed E-state index contributed by atoms with van der Waals surface area (Å²) in [6.45, 7) is 2.98. The van der Waals surface area contributed by atoms with E-state index < -0.39 is 12.1 Å². The summed E-state index contributed by atoms with van der Waals surface area (Å²) < 4.78 is 20.3. The Morgan fingerprint density at radius 1 is 1.00 bits per heavy atom. The number of nitrogens with zero attached hydrogens (tertiary/aromatic N) is 4. The molecular weight excluding hydrogens is 399 g/mol. The van der Waals surface area contributed by atoms with E-state index in [2.05, 4.69) is 10.1 Å². The summed E-state index contributed by atoms with van der Waals surface area (Å²) in [6.07, 6.45) is 1.89. The van der Waals surface area contributed by atoms with Crippen LogP contribution in [0.5, 0.6) is 0 Å². The van der Waals surface area contributed by atoms with E-state index in [0.29, 0.717) is 30.2 Å². The minimum absolute atomic E-state index is 0.158. The van der Waals surface area contributed by atoms with Crippen LogP contribution in [-0.2, 0) is 9.53 Å². The summed E-state index contributed by atoms with van der Waals surface area (Å²) >= 11 is 0. The van der Waals surface area contributed by atoms with Gasteiger partial charge in [-0.15, -0.1) is 5.10 Å². The first-order valence-electron chi connectivity index (χ1n) is 10.3. The second kappa shape index (κ2) is 9.07. The molecule has 1 atom stereocenters. The number of hydrogen-bond donors (Lipinski definition) is 0. The van der Waals surface area contributed by atoms with E-state index in [1.165, 1.54) is 16.8 Å². The van der Waals surface area contributed by atoms with Crippen LogP contribution in [0.15, 0.2) is 54.6 Å². The van der Waals surface area contributed by atoms with Gasteiger partial charge in [-0.2, -0.15) is 0 Å². The van der Waals surface area contributed by atoms with Crippen molar-refractivity contribution < 1.29 is 18.7 Å². The lowest BCUT2D eigenvalue weighted by Gasteiger charge is -2.30. The average molecular weight is 422 g/mol. The van der Waals surface area contributed by atoms with Crippen LogP contribution in [0.2, 0.25) is 0 Å². The van der Waals surface area contributed by atoms with Crippen LogP contribution in [-0.4, -0.2) is 44.6 Å². The van der Waals surface area contributed by atoms with Gasteiger partial charge in [-0.05, 0) is 50.5 Å². The van der Waals surface area contributed by atoms with Gasteiger partial charge in [0.15, 0.2) is 0 Å². The van der Waals surface area contributed by atoms with Crippen LogP contribution in [0.25, 0.3) is 5.69 Å². The summed E-state index contributed by atoms with van der Waals surface area (Å²) in [5, 5.41) is 4.21. The van der Waals surface area contributed by atoms with Gasteiger partial charge < -0.3 is 9.64 Å². The smallest absolute Gasteiger partial charge is 0.379 e. The molecule has 3 aromatic rings. The zero-order chi connectivity index (χ0) is 21.8. The average Bonchev–Trinajstić information content (AvgIpc) is 3.20. The number of aromatic nitrogens is 3. The van der Waals surface area contributed by atoms with E-state index in [1.807, 2.05) is 6.07 Å². The van der Waals surface area contributed by atoms with Crippen LogP contribution < -0.4 is 0 Å². The first kappa shape index (κ1) is 20.7. The Labute approximate surface area is 179 Å². The van der Waals surface area contributed by atoms with Gasteiger partial charge >= 0.3 is 5.97 Å². The van der Waals surface area contributed by atoms with Gasteiger partial charge in [0, 0.05) is 18.7 Å². The quantitative estimate of drug-likeness (QED) is 0.587. The molecule has 1 aliphatic heterocycles.